The predicted molar refractivity (Wildman–Crippen MR) is 46.3 cm³/mol. The molecule has 0 atom stereocenters. The second-order valence-corrected chi connectivity index (χ2v) is 3.67. The zero-order valence-electron chi connectivity index (χ0n) is 8.86. The van der Waals surface area contributed by atoms with Gasteiger partial charge in [0.15, 0.2) is 0 Å². The molecule has 0 unspecified atom stereocenters. The minimum absolute atomic E-state index is 0. The molecule has 0 amide bonds. The van der Waals surface area contributed by atoms with Crippen molar-refractivity contribution in [2.75, 3.05) is 0 Å². The Labute approximate surface area is 102 Å². The molecule has 1 N–H and O–H groups in total. The topological polar surface area (TPSA) is 71.4 Å². The molecule has 0 spiro atoms. The molecular weight excluding hydrogens is 203 g/mol. The number of hydrogen-bond donors (Lipinski definition) is 1. The summed E-state index contributed by atoms with van der Waals surface area (Å²) < 4.78 is 28.6. The first-order valence-electron chi connectivity index (χ1n) is 3.63. The van der Waals surface area contributed by atoms with Crippen molar-refractivity contribution in [1.82, 2.24) is 0 Å². The molecule has 0 saturated carbocycles. The number of hydrogen-bond acceptors (Lipinski definition) is 3. The van der Waals surface area contributed by atoms with Crippen molar-refractivity contribution < 1.29 is 48.7 Å². The maximum atomic E-state index is 10.6. The Hall–Kier alpha value is 0.320. The average Bonchev–Trinajstić information content (AvgIpc) is 1.96. The van der Waals surface area contributed by atoms with Gasteiger partial charge in [0.1, 0.15) is 0 Å². The van der Waals surface area contributed by atoms with Gasteiger partial charge in [-0.3, -0.25) is 9.35 Å². The number of allylic oxidation sites excluding steroid dienone is 2. The molecule has 0 bridgehead atoms. The first kappa shape index (κ1) is 15.8. The third kappa shape index (κ3) is 8.64. The largest absolute Gasteiger partial charge is 1.00 e. The van der Waals surface area contributed by atoms with Crippen LogP contribution in [0.3, 0.4) is 0 Å². The van der Waals surface area contributed by atoms with Crippen LogP contribution in [0.4, 0.5) is 0 Å². The first-order chi connectivity index (χ1) is 5.48. The maximum absolute atomic E-state index is 10.6. The van der Waals surface area contributed by atoms with E-state index in [0.717, 1.165) is 6.42 Å². The fraction of sp³-hybridized carbons (Fsp3) is 0.571. The second kappa shape index (κ2) is 7.70. The molecule has 0 aromatic rings. The molecule has 13 heavy (non-hydrogen) atoms. The van der Waals surface area contributed by atoms with Gasteiger partial charge in [-0.15, -0.1) is 0 Å². The number of carbonyl (C=O) groups is 1. The van der Waals surface area contributed by atoms with E-state index in [2.05, 4.69) is 0 Å². The predicted octanol–water partition coefficient (Wildman–Crippen LogP) is -1.74. The van der Waals surface area contributed by atoms with Crippen LogP contribution in [-0.2, 0) is 14.9 Å². The molecule has 0 aliphatic carbocycles. The fourth-order valence-corrected chi connectivity index (χ4v) is 0.990. The van der Waals surface area contributed by atoms with Gasteiger partial charge < -0.3 is 1.43 Å². The third-order valence-corrected chi connectivity index (χ3v) is 1.98. The van der Waals surface area contributed by atoms with Gasteiger partial charge in [-0.05, 0) is 12.8 Å². The molecule has 0 aliphatic rings. The minimum atomic E-state index is -4.46. The van der Waals surface area contributed by atoms with E-state index >= 15 is 0 Å². The average molecular weight is 216 g/mol. The van der Waals surface area contributed by atoms with E-state index in [0.29, 0.717) is 6.42 Å². The zero-order valence-corrected chi connectivity index (χ0v) is 10.7. The van der Waals surface area contributed by atoms with Crippen molar-refractivity contribution in [3.8, 4) is 0 Å². The van der Waals surface area contributed by atoms with E-state index in [1.54, 1.807) is 6.08 Å². The normalized spacial score (nSPS) is 11.2. The monoisotopic (exact) mass is 216 g/mol. The van der Waals surface area contributed by atoms with Crippen molar-refractivity contribution in [3.63, 3.8) is 0 Å². The Kier molecular flexibility index (Phi) is 9.34. The molecule has 0 heterocycles. The van der Waals surface area contributed by atoms with E-state index in [9.17, 15) is 13.2 Å². The van der Waals surface area contributed by atoms with Gasteiger partial charge in [0, 0.05) is 6.42 Å². The molecule has 0 fully saturated rings. The summed E-state index contributed by atoms with van der Waals surface area (Å²) >= 11 is 0. The van der Waals surface area contributed by atoms with Crippen LogP contribution in [-0.4, -0.2) is 18.1 Å². The minimum Gasteiger partial charge on any atom is -1.00 e. The summed E-state index contributed by atoms with van der Waals surface area (Å²) in [6.07, 6.45) is 4.59. The SMILES string of the molecule is CCC=CCCC(=O)S(=O)(=O)O.[H-].[Na+]. The summed E-state index contributed by atoms with van der Waals surface area (Å²) in [5.41, 5.74) is 0. The Morgan fingerprint density at radius 3 is 2.38 bits per heavy atom. The Balaban J connectivity index is -0.000000605. The van der Waals surface area contributed by atoms with Crippen LogP contribution < -0.4 is 29.6 Å². The molecule has 0 aromatic heterocycles. The van der Waals surface area contributed by atoms with Gasteiger partial charge in [-0.1, -0.05) is 19.1 Å². The van der Waals surface area contributed by atoms with Crippen LogP contribution in [0.25, 0.3) is 0 Å². The first-order valence-corrected chi connectivity index (χ1v) is 5.07. The van der Waals surface area contributed by atoms with Gasteiger partial charge in [0.25, 0.3) is 5.12 Å². The summed E-state index contributed by atoms with van der Waals surface area (Å²) in [5.74, 6) is 0. The van der Waals surface area contributed by atoms with Gasteiger partial charge >= 0.3 is 39.7 Å². The summed E-state index contributed by atoms with van der Waals surface area (Å²) in [6.45, 7) is 1.93. The van der Waals surface area contributed by atoms with Crippen LogP contribution in [0, 0.1) is 0 Å². The van der Waals surface area contributed by atoms with E-state index in [-0.39, 0.29) is 37.4 Å². The Morgan fingerprint density at radius 2 is 2.00 bits per heavy atom. The molecule has 0 aromatic carbocycles. The van der Waals surface area contributed by atoms with Crippen LogP contribution in [0.1, 0.15) is 27.6 Å². The van der Waals surface area contributed by atoms with Gasteiger partial charge in [0.2, 0.25) is 0 Å². The van der Waals surface area contributed by atoms with Crippen molar-refractivity contribution in [1.29, 1.82) is 0 Å². The van der Waals surface area contributed by atoms with Crippen molar-refractivity contribution in [2.24, 2.45) is 0 Å². The summed E-state index contributed by atoms with van der Waals surface area (Å²) in [7, 11) is -4.46. The third-order valence-electron chi connectivity index (χ3n) is 1.21. The zero-order chi connectivity index (χ0) is 9.61. The van der Waals surface area contributed by atoms with E-state index in [1.165, 1.54) is 0 Å². The summed E-state index contributed by atoms with van der Waals surface area (Å²) in [4.78, 5) is 10.6. The molecule has 0 rings (SSSR count). The standard InChI is InChI=1S/C7H12O4S.Na.H/c1-2-3-4-5-6-7(8)12(9,10)11;;/h3-4H,2,5-6H2,1H3,(H,9,10,11);;/q;+1;-1. The molecule has 0 radical (unpaired) electrons. The van der Waals surface area contributed by atoms with E-state index in [1.807, 2.05) is 13.0 Å². The van der Waals surface area contributed by atoms with Gasteiger partial charge in [0.05, 0.1) is 0 Å². The summed E-state index contributed by atoms with van der Waals surface area (Å²) in [5, 5.41) is -1.12. The molecular formula is C7H13NaO4S. The summed E-state index contributed by atoms with van der Waals surface area (Å²) in [6, 6.07) is 0. The van der Waals surface area contributed by atoms with Crippen LogP contribution in [0.2, 0.25) is 0 Å². The molecule has 0 saturated heterocycles. The molecule has 72 valence electrons. The van der Waals surface area contributed by atoms with Gasteiger partial charge in [-0.2, -0.15) is 8.42 Å². The molecule has 0 aliphatic heterocycles. The maximum Gasteiger partial charge on any atom is 1.00 e. The van der Waals surface area contributed by atoms with Crippen LogP contribution >= 0.6 is 0 Å². The van der Waals surface area contributed by atoms with Crippen molar-refractivity contribution in [3.05, 3.63) is 12.2 Å². The fourth-order valence-electron chi connectivity index (χ4n) is 0.615. The van der Waals surface area contributed by atoms with Crippen molar-refractivity contribution >= 4 is 15.2 Å². The van der Waals surface area contributed by atoms with Gasteiger partial charge in [-0.25, -0.2) is 0 Å². The quantitative estimate of drug-likeness (QED) is 0.344. The number of rotatable bonds is 4. The molecule has 4 nitrogen and oxygen atoms in total. The van der Waals surface area contributed by atoms with E-state index < -0.39 is 15.2 Å². The molecule has 6 heteroatoms. The van der Waals surface area contributed by atoms with E-state index in [4.69, 9.17) is 4.55 Å². The van der Waals surface area contributed by atoms with Crippen LogP contribution in [0.15, 0.2) is 12.2 Å². The Bertz CT molecular complexity index is 273. The smallest absolute Gasteiger partial charge is 1.00 e. The second-order valence-electron chi connectivity index (χ2n) is 2.27. The Morgan fingerprint density at radius 1 is 1.46 bits per heavy atom. The van der Waals surface area contributed by atoms with Crippen molar-refractivity contribution in [2.45, 2.75) is 26.2 Å². The van der Waals surface area contributed by atoms with Crippen LogP contribution in [0.5, 0.6) is 0 Å². The number of carbonyl (C=O) groups excluding carboxylic acids is 1.